The number of hydrogen-bond donors (Lipinski definition) is 2. The maximum atomic E-state index is 5.55. The summed E-state index contributed by atoms with van der Waals surface area (Å²) < 4.78 is 0. The second-order valence-corrected chi connectivity index (χ2v) is 3.71. The van der Waals surface area contributed by atoms with Gasteiger partial charge in [-0.25, -0.2) is 9.97 Å². The molecular weight excluding hydrogens is 212 g/mol. The molecule has 0 saturated carbocycles. The van der Waals surface area contributed by atoms with Crippen LogP contribution in [0.15, 0.2) is 36.5 Å². The van der Waals surface area contributed by atoms with Crippen molar-refractivity contribution in [3.05, 3.63) is 47.8 Å². The van der Waals surface area contributed by atoms with E-state index in [0.717, 1.165) is 17.8 Å². The van der Waals surface area contributed by atoms with Crippen molar-refractivity contribution >= 4 is 11.6 Å². The van der Waals surface area contributed by atoms with Crippen LogP contribution in [-0.4, -0.2) is 9.97 Å². The fourth-order valence-corrected chi connectivity index (χ4v) is 1.64. The summed E-state index contributed by atoms with van der Waals surface area (Å²) in [6, 6.07) is 9.96. The van der Waals surface area contributed by atoms with Gasteiger partial charge in [-0.2, -0.15) is 0 Å². The molecule has 0 aliphatic carbocycles. The molecule has 0 fully saturated rings. The minimum absolute atomic E-state index is 0.423. The molecule has 4 nitrogen and oxygen atoms in total. The van der Waals surface area contributed by atoms with Gasteiger partial charge < -0.3 is 11.1 Å². The molecule has 1 aromatic heterocycles. The third kappa shape index (κ3) is 2.79. The van der Waals surface area contributed by atoms with Gasteiger partial charge in [0, 0.05) is 18.4 Å². The number of benzene rings is 1. The Morgan fingerprint density at radius 3 is 2.82 bits per heavy atom. The van der Waals surface area contributed by atoms with Gasteiger partial charge in [0.15, 0.2) is 0 Å². The lowest BCUT2D eigenvalue weighted by molar-refractivity contribution is 0.968. The van der Waals surface area contributed by atoms with Crippen LogP contribution in [0.3, 0.4) is 0 Å². The molecule has 4 heteroatoms. The zero-order valence-electron chi connectivity index (χ0n) is 9.85. The summed E-state index contributed by atoms with van der Waals surface area (Å²) in [7, 11) is 0. The van der Waals surface area contributed by atoms with E-state index in [1.807, 2.05) is 24.3 Å². The van der Waals surface area contributed by atoms with Crippen molar-refractivity contribution in [2.75, 3.05) is 5.32 Å². The number of hydrogen-bond acceptors (Lipinski definition) is 4. The van der Waals surface area contributed by atoms with Crippen LogP contribution in [0.2, 0.25) is 0 Å². The van der Waals surface area contributed by atoms with Crippen molar-refractivity contribution in [1.82, 2.24) is 9.97 Å². The quantitative estimate of drug-likeness (QED) is 0.842. The van der Waals surface area contributed by atoms with Gasteiger partial charge in [-0.15, -0.1) is 0 Å². The zero-order valence-corrected chi connectivity index (χ0v) is 9.85. The normalized spacial score (nSPS) is 10.2. The van der Waals surface area contributed by atoms with E-state index in [9.17, 15) is 0 Å². The molecule has 2 rings (SSSR count). The predicted molar refractivity (Wildman–Crippen MR) is 69.0 cm³/mol. The highest BCUT2D eigenvalue weighted by Crippen LogP contribution is 2.18. The van der Waals surface area contributed by atoms with Crippen molar-refractivity contribution in [1.29, 1.82) is 0 Å². The van der Waals surface area contributed by atoms with Crippen LogP contribution in [0.25, 0.3) is 0 Å². The van der Waals surface area contributed by atoms with Crippen molar-refractivity contribution in [2.45, 2.75) is 19.9 Å². The van der Waals surface area contributed by atoms with Gasteiger partial charge >= 0.3 is 0 Å². The molecule has 0 saturated heterocycles. The molecule has 3 N–H and O–H groups in total. The summed E-state index contributed by atoms with van der Waals surface area (Å²) in [4.78, 5) is 8.49. The molecular formula is C13H16N4. The topological polar surface area (TPSA) is 63.8 Å². The van der Waals surface area contributed by atoms with Crippen LogP contribution < -0.4 is 11.1 Å². The van der Waals surface area contributed by atoms with E-state index in [4.69, 9.17) is 5.73 Å². The van der Waals surface area contributed by atoms with Crippen LogP contribution in [-0.2, 0) is 13.0 Å². The minimum Gasteiger partial charge on any atom is -0.325 e. The van der Waals surface area contributed by atoms with Gasteiger partial charge in [-0.3, -0.25) is 0 Å². The molecule has 0 amide bonds. The number of aryl methyl sites for hydroxylation is 1. The highest BCUT2D eigenvalue weighted by atomic mass is 15.1. The van der Waals surface area contributed by atoms with Crippen LogP contribution in [0.5, 0.6) is 0 Å². The molecule has 0 bridgehead atoms. The Morgan fingerprint density at radius 1 is 1.24 bits per heavy atom. The van der Waals surface area contributed by atoms with Gasteiger partial charge in [0.05, 0.1) is 5.69 Å². The second-order valence-electron chi connectivity index (χ2n) is 3.71. The van der Waals surface area contributed by atoms with Gasteiger partial charge in [-0.1, -0.05) is 25.1 Å². The van der Waals surface area contributed by atoms with Crippen LogP contribution >= 0.6 is 0 Å². The van der Waals surface area contributed by atoms with E-state index >= 15 is 0 Å². The number of anilines is 2. The lowest BCUT2D eigenvalue weighted by Crippen LogP contribution is -2.04. The minimum atomic E-state index is 0.423. The molecule has 0 aliphatic heterocycles. The monoisotopic (exact) mass is 228 g/mol. The third-order valence-electron chi connectivity index (χ3n) is 2.57. The molecule has 0 atom stereocenters. The first-order valence-corrected chi connectivity index (χ1v) is 5.70. The highest BCUT2D eigenvalue weighted by molar-refractivity contribution is 5.58. The van der Waals surface area contributed by atoms with E-state index in [1.54, 1.807) is 6.20 Å². The SMILES string of the molecule is CCc1ccccc1Nc1nccc(CN)n1. The highest BCUT2D eigenvalue weighted by Gasteiger charge is 2.02. The lowest BCUT2D eigenvalue weighted by Gasteiger charge is -2.09. The number of nitrogens with one attached hydrogen (secondary N) is 1. The van der Waals surface area contributed by atoms with Crippen molar-refractivity contribution in [3.63, 3.8) is 0 Å². The number of nitrogens with zero attached hydrogens (tertiary/aromatic N) is 2. The van der Waals surface area contributed by atoms with Crippen LogP contribution in [0.1, 0.15) is 18.2 Å². The van der Waals surface area contributed by atoms with Crippen LogP contribution in [0, 0.1) is 0 Å². The molecule has 1 heterocycles. The molecule has 2 aromatic rings. The van der Waals surface area contributed by atoms with Gasteiger partial charge in [-0.05, 0) is 24.1 Å². The zero-order chi connectivity index (χ0) is 12.1. The average molecular weight is 228 g/mol. The third-order valence-corrected chi connectivity index (χ3v) is 2.57. The number of rotatable bonds is 4. The number of aromatic nitrogens is 2. The summed E-state index contributed by atoms with van der Waals surface area (Å²) in [5, 5.41) is 3.22. The summed E-state index contributed by atoms with van der Waals surface area (Å²) in [6.45, 7) is 2.55. The Labute approximate surface area is 101 Å². The molecule has 0 unspecified atom stereocenters. The Kier molecular flexibility index (Phi) is 3.67. The Bertz CT molecular complexity index is 496. The Hall–Kier alpha value is -1.94. The van der Waals surface area contributed by atoms with E-state index in [1.165, 1.54) is 5.56 Å². The Balaban J connectivity index is 2.24. The first-order valence-electron chi connectivity index (χ1n) is 5.70. The predicted octanol–water partition coefficient (Wildman–Crippen LogP) is 2.24. The fraction of sp³-hybridized carbons (Fsp3) is 0.231. The fourth-order valence-electron chi connectivity index (χ4n) is 1.64. The first kappa shape index (κ1) is 11.5. The van der Waals surface area contributed by atoms with Gasteiger partial charge in [0.1, 0.15) is 0 Å². The molecule has 88 valence electrons. The summed E-state index contributed by atoms with van der Waals surface area (Å²) in [5.74, 6) is 0.592. The molecule has 1 aromatic carbocycles. The summed E-state index contributed by atoms with van der Waals surface area (Å²) >= 11 is 0. The number of para-hydroxylation sites is 1. The number of nitrogens with two attached hydrogens (primary N) is 1. The maximum Gasteiger partial charge on any atom is 0.227 e. The first-order chi connectivity index (χ1) is 8.33. The maximum absolute atomic E-state index is 5.55. The standard InChI is InChI=1S/C13H16N4/c1-2-10-5-3-4-6-12(10)17-13-15-8-7-11(9-14)16-13/h3-8H,2,9,14H2,1H3,(H,15,16,17). The Morgan fingerprint density at radius 2 is 2.06 bits per heavy atom. The summed E-state index contributed by atoms with van der Waals surface area (Å²) in [6.07, 6.45) is 2.69. The van der Waals surface area contributed by atoms with E-state index < -0.39 is 0 Å². The van der Waals surface area contributed by atoms with Crippen molar-refractivity contribution < 1.29 is 0 Å². The van der Waals surface area contributed by atoms with E-state index in [2.05, 4.69) is 28.3 Å². The molecule has 0 radical (unpaired) electrons. The molecule has 17 heavy (non-hydrogen) atoms. The summed E-state index contributed by atoms with van der Waals surface area (Å²) in [5.41, 5.74) is 8.67. The average Bonchev–Trinajstić information content (AvgIpc) is 2.39. The van der Waals surface area contributed by atoms with Crippen LogP contribution in [0.4, 0.5) is 11.6 Å². The second kappa shape index (κ2) is 5.41. The van der Waals surface area contributed by atoms with Crippen molar-refractivity contribution in [3.8, 4) is 0 Å². The van der Waals surface area contributed by atoms with E-state index in [0.29, 0.717) is 12.5 Å². The lowest BCUT2D eigenvalue weighted by atomic mass is 10.1. The molecule has 0 aliphatic rings. The smallest absolute Gasteiger partial charge is 0.227 e. The molecule has 0 spiro atoms. The van der Waals surface area contributed by atoms with E-state index in [-0.39, 0.29) is 0 Å². The van der Waals surface area contributed by atoms with Crippen molar-refractivity contribution in [2.24, 2.45) is 5.73 Å². The van der Waals surface area contributed by atoms with Gasteiger partial charge in [0.25, 0.3) is 0 Å². The largest absolute Gasteiger partial charge is 0.325 e. The van der Waals surface area contributed by atoms with Gasteiger partial charge in [0.2, 0.25) is 5.95 Å².